The van der Waals surface area contributed by atoms with Crippen LogP contribution in [0.4, 0.5) is 0 Å². The second-order valence-corrected chi connectivity index (χ2v) is 3.57. The molecule has 0 saturated heterocycles. The molecule has 0 atom stereocenters. The molecule has 2 rings (SSSR count). The maximum Gasteiger partial charge on any atom is 0.311 e. The fourth-order valence-electron chi connectivity index (χ4n) is 1.12. The van der Waals surface area contributed by atoms with Gasteiger partial charge >= 0.3 is 5.97 Å². The van der Waals surface area contributed by atoms with Crippen molar-refractivity contribution < 1.29 is 9.53 Å². The van der Waals surface area contributed by atoms with Gasteiger partial charge in [-0.1, -0.05) is 0 Å². The predicted octanol–water partition coefficient (Wildman–Crippen LogP) is 1.04. The first-order valence-electron chi connectivity index (χ1n) is 4.29. The predicted molar refractivity (Wildman–Crippen MR) is 55.0 cm³/mol. The third-order valence-electron chi connectivity index (χ3n) is 1.85. The summed E-state index contributed by atoms with van der Waals surface area (Å²) in [4.78, 5) is 15.1. The van der Waals surface area contributed by atoms with Crippen molar-refractivity contribution >= 4 is 17.3 Å². The molecule has 2 aromatic heterocycles. The van der Waals surface area contributed by atoms with E-state index in [0.29, 0.717) is 5.69 Å². The number of carbonyl (C=O) groups excluding carboxylic acids is 1. The van der Waals surface area contributed by atoms with Crippen LogP contribution in [0.3, 0.4) is 0 Å². The van der Waals surface area contributed by atoms with Crippen molar-refractivity contribution in [3.8, 4) is 5.82 Å². The maximum absolute atomic E-state index is 11.0. The Morgan fingerprint density at radius 3 is 3.20 bits per heavy atom. The van der Waals surface area contributed by atoms with E-state index in [-0.39, 0.29) is 12.4 Å². The number of carbonyl (C=O) groups is 1. The Morgan fingerprint density at radius 1 is 1.67 bits per heavy atom. The van der Waals surface area contributed by atoms with Gasteiger partial charge in [-0.15, -0.1) is 11.3 Å². The van der Waals surface area contributed by atoms with Gasteiger partial charge in [-0.3, -0.25) is 4.79 Å². The fraction of sp³-hybridized carbons (Fsp3) is 0.222. The summed E-state index contributed by atoms with van der Waals surface area (Å²) in [5.41, 5.74) is 2.41. The van der Waals surface area contributed by atoms with E-state index in [0.717, 1.165) is 5.82 Å². The topological polar surface area (TPSA) is 57.0 Å². The Balaban J connectivity index is 2.14. The number of rotatable bonds is 3. The van der Waals surface area contributed by atoms with Crippen LogP contribution in [0, 0.1) is 0 Å². The number of thiazole rings is 1. The van der Waals surface area contributed by atoms with E-state index >= 15 is 0 Å². The molecular weight excluding hydrogens is 214 g/mol. The second kappa shape index (κ2) is 4.22. The summed E-state index contributed by atoms with van der Waals surface area (Å²) in [5, 5.41) is 6.08. The van der Waals surface area contributed by atoms with Crippen molar-refractivity contribution in [3.63, 3.8) is 0 Å². The number of hydrogen-bond acceptors (Lipinski definition) is 5. The quantitative estimate of drug-likeness (QED) is 0.730. The van der Waals surface area contributed by atoms with E-state index < -0.39 is 0 Å². The van der Waals surface area contributed by atoms with Crippen molar-refractivity contribution in [2.45, 2.75) is 6.42 Å². The molecule has 78 valence electrons. The average Bonchev–Trinajstić information content (AvgIpc) is 2.85. The van der Waals surface area contributed by atoms with Gasteiger partial charge in [0.25, 0.3) is 0 Å². The lowest BCUT2D eigenvalue weighted by Crippen LogP contribution is -2.05. The molecule has 0 aliphatic carbocycles. The second-order valence-electron chi connectivity index (χ2n) is 2.85. The number of nitrogens with zero attached hydrogens (tertiary/aromatic N) is 3. The lowest BCUT2D eigenvalue weighted by molar-refractivity contribution is -0.139. The monoisotopic (exact) mass is 223 g/mol. The van der Waals surface area contributed by atoms with Gasteiger partial charge in [-0.25, -0.2) is 9.67 Å². The molecule has 0 radical (unpaired) electrons. The van der Waals surface area contributed by atoms with Gasteiger partial charge in [0, 0.05) is 11.6 Å². The van der Waals surface area contributed by atoms with Gasteiger partial charge in [0.15, 0.2) is 5.82 Å². The third kappa shape index (κ3) is 2.21. The van der Waals surface area contributed by atoms with Crippen LogP contribution in [0.25, 0.3) is 5.82 Å². The van der Waals surface area contributed by atoms with E-state index in [4.69, 9.17) is 0 Å². The summed E-state index contributed by atoms with van der Waals surface area (Å²) in [7, 11) is 1.36. The van der Waals surface area contributed by atoms with Crippen LogP contribution in [-0.2, 0) is 16.0 Å². The summed E-state index contributed by atoms with van der Waals surface area (Å²) in [6, 6.07) is 1.77. The molecule has 0 N–H and O–H groups in total. The molecule has 6 heteroatoms. The summed E-state index contributed by atoms with van der Waals surface area (Å²) >= 11 is 1.50. The van der Waals surface area contributed by atoms with Crippen LogP contribution in [0.5, 0.6) is 0 Å². The first-order chi connectivity index (χ1) is 7.29. The molecule has 0 aromatic carbocycles. The summed E-state index contributed by atoms with van der Waals surface area (Å²) < 4.78 is 6.19. The maximum atomic E-state index is 11.0. The Hall–Kier alpha value is -1.69. The zero-order valence-electron chi connectivity index (χ0n) is 8.08. The number of ether oxygens (including phenoxy) is 1. The fourth-order valence-corrected chi connectivity index (χ4v) is 1.64. The molecular formula is C9H9N3O2S. The lowest BCUT2D eigenvalue weighted by atomic mass is 10.3. The molecule has 0 aliphatic heterocycles. The SMILES string of the molecule is COC(=O)Cc1ccn(-c2cscn2)n1. The zero-order chi connectivity index (χ0) is 10.7. The highest BCUT2D eigenvalue weighted by Crippen LogP contribution is 2.08. The van der Waals surface area contributed by atoms with Crippen molar-refractivity contribution in [1.29, 1.82) is 0 Å². The van der Waals surface area contributed by atoms with Crippen LogP contribution >= 0.6 is 11.3 Å². The molecule has 0 amide bonds. The molecule has 2 aromatic rings. The highest BCUT2D eigenvalue weighted by molar-refractivity contribution is 7.07. The summed E-state index contributed by atoms with van der Waals surface area (Å²) in [5.74, 6) is 0.467. The van der Waals surface area contributed by atoms with Crippen LogP contribution in [-0.4, -0.2) is 27.8 Å². The van der Waals surface area contributed by atoms with Crippen LogP contribution in [0.2, 0.25) is 0 Å². The van der Waals surface area contributed by atoms with E-state index in [1.54, 1.807) is 22.5 Å². The Kier molecular flexibility index (Phi) is 2.77. The van der Waals surface area contributed by atoms with Gasteiger partial charge in [-0.2, -0.15) is 5.10 Å². The minimum atomic E-state index is -0.293. The Morgan fingerprint density at radius 2 is 2.53 bits per heavy atom. The number of hydrogen-bond donors (Lipinski definition) is 0. The van der Waals surface area contributed by atoms with Crippen molar-refractivity contribution in [2.24, 2.45) is 0 Å². The van der Waals surface area contributed by atoms with Crippen LogP contribution in [0.1, 0.15) is 5.69 Å². The minimum Gasteiger partial charge on any atom is -0.469 e. The van der Waals surface area contributed by atoms with Gasteiger partial charge < -0.3 is 4.74 Å². The number of methoxy groups -OCH3 is 1. The molecule has 0 aliphatic rings. The van der Waals surface area contributed by atoms with Gasteiger partial charge in [-0.05, 0) is 6.07 Å². The molecule has 5 nitrogen and oxygen atoms in total. The molecule has 2 heterocycles. The van der Waals surface area contributed by atoms with E-state index in [1.807, 2.05) is 5.38 Å². The van der Waals surface area contributed by atoms with Crippen LogP contribution in [0.15, 0.2) is 23.2 Å². The summed E-state index contributed by atoms with van der Waals surface area (Å²) in [6.07, 6.45) is 1.96. The molecule has 0 bridgehead atoms. The first kappa shape index (κ1) is 9.85. The number of esters is 1. The molecule has 0 spiro atoms. The number of aromatic nitrogens is 3. The molecule has 0 saturated carbocycles. The van der Waals surface area contributed by atoms with Gasteiger partial charge in [0.2, 0.25) is 0 Å². The van der Waals surface area contributed by atoms with Crippen molar-refractivity contribution in [3.05, 3.63) is 28.8 Å². The minimum absolute atomic E-state index is 0.188. The highest BCUT2D eigenvalue weighted by atomic mass is 32.1. The van der Waals surface area contributed by atoms with Crippen molar-refractivity contribution in [1.82, 2.24) is 14.8 Å². The van der Waals surface area contributed by atoms with E-state index in [1.165, 1.54) is 18.4 Å². The molecule has 15 heavy (non-hydrogen) atoms. The zero-order valence-corrected chi connectivity index (χ0v) is 8.90. The normalized spacial score (nSPS) is 10.2. The van der Waals surface area contributed by atoms with Gasteiger partial charge in [0.05, 0.1) is 24.7 Å². The Bertz CT molecular complexity index is 450. The standard InChI is InChI=1S/C9H9N3O2S/c1-14-9(13)4-7-2-3-12(11-7)8-5-15-6-10-8/h2-3,5-6H,4H2,1H3. The van der Waals surface area contributed by atoms with Crippen LogP contribution < -0.4 is 0 Å². The van der Waals surface area contributed by atoms with E-state index in [2.05, 4.69) is 14.8 Å². The third-order valence-corrected chi connectivity index (χ3v) is 2.43. The lowest BCUT2D eigenvalue weighted by Gasteiger charge is -1.95. The van der Waals surface area contributed by atoms with E-state index in [9.17, 15) is 4.79 Å². The highest BCUT2D eigenvalue weighted by Gasteiger charge is 2.07. The summed E-state index contributed by atoms with van der Waals surface area (Å²) in [6.45, 7) is 0. The largest absolute Gasteiger partial charge is 0.469 e. The Labute approximate surface area is 90.3 Å². The molecule has 0 fully saturated rings. The first-order valence-corrected chi connectivity index (χ1v) is 5.24. The van der Waals surface area contributed by atoms with Gasteiger partial charge in [0.1, 0.15) is 0 Å². The van der Waals surface area contributed by atoms with Crippen molar-refractivity contribution in [2.75, 3.05) is 7.11 Å². The average molecular weight is 223 g/mol. The molecule has 0 unspecified atom stereocenters. The smallest absolute Gasteiger partial charge is 0.311 e.